The van der Waals surface area contributed by atoms with Gasteiger partial charge in [0.2, 0.25) is 0 Å². The van der Waals surface area contributed by atoms with Crippen molar-refractivity contribution in [3.8, 4) is 0 Å². The van der Waals surface area contributed by atoms with Crippen molar-refractivity contribution in [2.75, 3.05) is 0 Å². The second-order valence-electron chi connectivity index (χ2n) is 5.45. The van der Waals surface area contributed by atoms with Gasteiger partial charge in [0, 0.05) is 18.1 Å². The first kappa shape index (κ1) is 19.4. The number of alkyl halides is 3. The Balaban J connectivity index is 1.67. The smallest absolute Gasteiger partial charge is 0.258 e. The molecule has 0 unspecified atom stereocenters. The number of thioether (sulfide) groups is 1. The first-order valence-electron chi connectivity index (χ1n) is 7.82. The minimum atomic E-state index is -4.47. The van der Waals surface area contributed by atoms with E-state index in [2.05, 4.69) is 15.0 Å². The van der Waals surface area contributed by atoms with E-state index in [-0.39, 0.29) is 10.8 Å². The van der Waals surface area contributed by atoms with E-state index in [1.54, 1.807) is 12.3 Å². The van der Waals surface area contributed by atoms with Crippen LogP contribution in [0.5, 0.6) is 0 Å². The number of benzene rings is 1. The van der Waals surface area contributed by atoms with Crippen molar-refractivity contribution in [1.29, 1.82) is 0 Å². The highest BCUT2D eigenvalue weighted by Gasteiger charge is 2.31. The third-order valence-corrected chi connectivity index (χ3v) is 4.68. The largest absolute Gasteiger partial charge is 0.417 e. The first-order valence-corrected chi connectivity index (χ1v) is 9.19. The molecule has 0 amide bonds. The molecular formula is C19H13ClF3N3S. The van der Waals surface area contributed by atoms with Gasteiger partial charge in [-0.25, -0.2) is 9.97 Å². The average Bonchev–Trinajstić information content (AvgIpc) is 2.66. The fourth-order valence-corrected chi connectivity index (χ4v) is 3.24. The Morgan fingerprint density at radius 1 is 1.04 bits per heavy atom. The van der Waals surface area contributed by atoms with E-state index in [0.717, 1.165) is 23.5 Å². The van der Waals surface area contributed by atoms with Crippen LogP contribution in [0.1, 0.15) is 22.5 Å². The maximum atomic E-state index is 12.7. The van der Waals surface area contributed by atoms with Crippen LogP contribution in [0.25, 0.3) is 12.2 Å². The molecule has 0 radical (unpaired) electrons. The number of hydrogen-bond donors (Lipinski definition) is 0. The summed E-state index contributed by atoms with van der Waals surface area (Å²) in [5.41, 5.74) is 1.25. The van der Waals surface area contributed by atoms with Gasteiger partial charge in [0.15, 0.2) is 5.16 Å². The van der Waals surface area contributed by atoms with Crippen LogP contribution in [0.15, 0.2) is 60.0 Å². The molecule has 0 bridgehead atoms. The van der Waals surface area contributed by atoms with Crippen LogP contribution >= 0.6 is 23.4 Å². The highest BCUT2D eigenvalue weighted by atomic mass is 35.5. The summed E-state index contributed by atoms with van der Waals surface area (Å²) in [5, 5.41) is 0.459. The fourth-order valence-electron chi connectivity index (χ4n) is 2.12. The van der Waals surface area contributed by atoms with E-state index in [1.807, 2.05) is 42.5 Å². The Hall–Kier alpha value is -2.38. The van der Waals surface area contributed by atoms with Crippen molar-refractivity contribution in [1.82, 2.24) is 15.0 Å². The lowest BCUT2D eigenvalue weighted by atomic mass is 10.2. The van der Waals surface area contributed by atoms with Crippen LogP contribution in [0.3, 0.4) is 0 Å². The highest BCUT2D eigenvalue weighted by Crippen LogP contribution is 2.32. The minimum absolute atomic E-state index is 0.0301. The number of hydrogen-bond acceptors (Lipinski definition) is 4. The van der Waals surface area contributed by atoms with Gasteiger partial charge in [0.05, 0.1) is 22.0 Å². The lowest BCUT2D eigenvalue weighted by Gasteiger charge is -2.08. The van der Waals surface area contributed by atoms with Crippen molar-refractivity contribution in [3.05, 3.63) is 82.4 Å². The van der Waals surface area contributed by atoms with Gasteiger partial charge in [-0.05, 0) is 23.8 Å². The van der Waals surface area contributed by atoms with Crippen molar-refractivity contribution < 1.29 is 13.2 Å². The van der Waals surface area contributed by atoms with E-state index in [1.165, 1.54) is 11.8 Å². The third-order valence-electron chi connectivity index (χ3n) is 3.48. The summed E-state index contributed by atoms with van der Waals surface area (Å²) < 4.78 is 38.0. The monoisotopic (exact) mass is 407 g/mol. The van der Waals surface area contributed by atoms with Gasteiger partial charge in [-0.3, -0.25) is 4.98 Å². The van der Waals surface area contributed by atoms with Crippen LogP contribution in [0.2, 0.25) is 5.02 Å². The summed E-state index contributed by atoms with van der Waals surface area (Å²) in [7, 11) is 0. The standard InChI is InChI=1S/C19H13ClF3N3S/c20-16-10-14(19(21,22)23)11-25-17(16)12-27-18-24-9-8-15(26-18)7-6-13-4-2-1-3-5-13/h1-11H,12H2/b7-6+. The van der Waals surface area contributed by atoms with Crippen molar-refractivity contribution >= 4 is 35.5 Å². The van der Waals surface area contributed by atoms with Gasteiger partial charge in [-0.1, -0.05) is 59.8 Å². The number of aromatic nitrogens is 3. The van der Waals surface area contributed by atoms with E-state index < -0.39 is 11.7 Å². The molecule has 0 spiro atoms. The van der Waals surface area contributed by atoms with Crippen LogP contribution in [-0.4, -0.2) is 15.0 Å². The molecule has 3 rings (SSSR count). The molecule has 3 aromatic rings. The SMILES string of the molecule is FC(F)(F)c1cnc(CSc2nccc(/C=C/c3ccccc3)n2)c(Cl)c1. The topological polar surface area (TPSA) is 38.7 Å². The highest BCUT2D eigenvalue weighted by molar-refractivity contribution is 7.98. The van der Waals surface area contributed by atoms with Crippen molar-refractivity contribution in [3.63, 3.8) is 0 Å². The number of nitrogens with zero attached hydrogens (tertiary/aromatic N) is 3. The number of rotatable bonds is 5. The van der Waals surface area contributed by atoms with Crippen molar-refractivity contribution in [2.24, 2.45) is 0 Å². The van der Waals surface area contributed by atoms with Gasteiger partial charge < -0.3 is 0 Å². The molecule has 8 heteroatoms. The molecule has 2 aromatic heterocycles. The van der Waals surface area contributed by atoms with Crippen LogP contribution in [0.4, 0.5) is 13.2 Å². The van der Waals surface area contributed by atoms with E-state index in [9.17, 15) is 13.2 Å². The molecule has 27 heavy (non-hydrogen) atoms. The third kappa shape index (κ3) is 5.55. The second kappa shape index (κ2) is 8.54. The minimum Gasteiger partial charge on any atom is -0.258 e. The van der Waals surface area contributed by atoms with Gasteiger partial charge in [0.25, 0.3) is 0 Å². The summed E-state index contributed by atoms with van der Waals surface area (Å²) in [5.74, 6) is 0.267. The molecular weight excluding hydrogens is 395 g/mol. The molecule has 1 aromatic carbocycles. The number of pyridine rings is 1. The van der Waals surface area contributed by atoms with E-state index >= 15 is 0 Å². The Labute approximate surface area is 163 Å². The molecule has 138 valence electrons. The zero-order valence-electron chi connectivity index (χ0n) is 13.8. The maximum absolute atomic E-state index is 12.7. The van der Waals surface area contributed by atoms with Gasteiger partial charge in [-0.2, -0.15) is 13.2 Å². The predicted molar refractivity (Wildman–Crippen MR) is 101 cm³/mol. The normalized spacial score (nSPS) is 11.9. The second-order valence-corrected chi connectivity index (χ2v) is 6.80. The zero-order chi connectivity index (χ0) is 19.3. The Bertz CT molecular complexity index is 946. The molecule has 0 aliphatic rings. The number of halogens is 4. The Kier molecular flexibility index (Phi) is 6.13. The first-order chi connectivity index (χ1) is 12.9. The lowest BCUT2D eigenvalue weighted by Crippen LogP contribution is -2.06. The molecule has 2 heterocycles. The molecule has 0 saturated carbocycles. The summed E-state index contributed by atoms with van der Waals surface area (Å²) >= 11 is 7.18. The van der Waals surface area contributed by atoms with E-state index in [4.69, 9.17) is 11.6 Å². The molecule has 0 aliphatic carbocycles. The molecule has 0 fully saturated rings. The van der Waals surface area contributed by atoms with E-state index in [0.29, 0.717) is 10.9 Å². The van der Waals surface area contributed by atoms with Gasteiger partial charge >= 0.3 is 6.18 Å². The molecule has 3 nitrogen and oxygen atoms in total. The van der Waals surface area contributed by atoms with Crippen LogP contribution in [0, 0.1) is 0 Å². The molecule has 0 N–H and O–H groups in total. The average molecular weight is 408 g/mol. The summed E-state index contributed by atoms with van der Waals surface area (Å²) in [6, 6.07) is 12.4. The van der Waals surface area contributed by atoms with Crippen LogP contribution < -0.4 is 0 Å². The summed E-state index contributed by atoms with van der Waals surface area (Å²) in [6.45, 7) is 0. The Morgan fingerprint density at radius 2 is 1.81 bits per heavy atom. The predicted octanol–water partition coefficient (Wildman–Crippen LogP) is 6.01. The molecule has 0 saturated heterocycles. The fraction of sp³-hybridized carbons (Fsp3) is 0.105. The Morgan fingerprint density at radius 3 is 2.52 bits per heavy atom. The summed E-state index contributed by atoms with van der Waals surface area (Å²) in [6.07, 6.45) is 1.74. The quantitative estimate of drug-likeness (QED) is 0.383. The molecule has 0 aliphatic heterocycles. The van der Waals surface area contributed by atoms with Gasteiger partial charge in [-0.15, -0.1) is 0 Å². The lowest BCUT2D eigenvalue weighted by molar-refractivity contribution is -0.137. The van der Waals surface area contributed by atoms with Crippen molar-refractivity contribution in [2.45, 2.75) is 17.1 Å². The maximum Gasteiger partial charge on any atom is 0.417 e. The summed E-state index contributed by atoms with van der Waals surface area (Å²) in [4.78, 5) is 12.4. The molecule has 0 atom stereocenters. The van der Waals surface area contributed by atoms with Crippen LogP contribution in [-0.2, 0) is 11.9 Å². The van der Waals surface area contributed by atoms with Gasteiger partial charge in [0.1, 0.15) is 0 Å². The zero-order valence-corrected chi connectivity index (χ0v) is 15.4.